The second kappa shape index (κ2) is 6.40. The third-order valence-electron chi connectivity index (χ3n) is 1.88. The Kier molecular flexibility index (Phi) is 5.92. The number of halogens is 1. The Morgan fingerprint density at radius 2 is 1.93 bits per heavy atom. The summed E-state index contributed by atoms with van der Waals surface area (Å²) in [6, 6.07) is 9.67. The van der Waals surface area contributed by atoms with E-state index in [0.29, 0.717) is 12.8 Å². The fourth-order valence-corrected chi connectivity index (χ4v) is 1.09. The van der Waals surface area contributed by atoms with Gasteiger partial charge in [-0.2, -0.15) is 0 Å². The van der Waals surface area contributed by atoms with Gasteiger partial charge in [0.2, 0.25) is 5.91 Å². The molecule has 3 nitrogen and oxygen atoms in total. The number of nitrogens with two attached hydrogens (primary N) is 1. The van der Waals surface area contributed by atoms with E-state index in [9.17, 15) is 4.79 Å². The van der Waals surface area contributed by atoms with Crippen molar-refractivity contribution < 1.29 is 9.90 Å². The van der Waals surface area contributed by atoms with Crippen molar-refractivity contribution in [1.29, 1.82) is 0 Å². The maximum atomic E-state index is 10.5. The molecule has 0 saturated heterocycles. The Balaban J connectivity index is 0.00000169. The predicted octanol–water partition coefficient (Wildman–Crippen LogP) is 0.887. The Morgan fingerprint density at radius 3 is 2.43 bits per heavy atom. The molecule has 0 bridgehead atoms. The zero-order valence-electron chi connectivity index (χ0n) is 7.72. The molecular formula is C10H14ClNO2. The van der Waals surface area contributed by atoms with Crippen molar-refractivity contribution in [3.63, 3.8) is 0 Å². The van der Waals surface area contributed by atoms with Gasteiger partial charge in [-0.15, -0.1) is 12.4 Å². The molecule has 0 fully saturated rings. The first kappa shape index (κ1) is 12.9. The van der Waals surface area contributed by atoms with Gasteiger partial charge >= 0.3 is 0 Å². The molecule has 14 heavy (non-hydrogen) atoms. The number of primary amides is 1. The van der Waals surface area contributed by atoms with Crippen molar-refractivity contribution in [2.75, 3.05) is 0 Å². The average Bonchev–Trinajstić information content (AvgIpc) is 2.15. The van der Waals surface area contributed by atoms with Gasteiger partial charge in [0.1, 0.15) is 6.10 Å². The van der Waals surface area contributed by atoms with E-state index in [1.807, 2.05) is 30.3 Å². The van der Waals surface area contributed by atoms with Crippen LogP contribution in [-0.2, 0) is 11.2 Å². The van der Waals surface area contributed by atoms with E-state index in [1.165, 1.54) is 0 Å². The summed E-state index contributed by atoms with van der Waals surface area (Å²) in [5.74, 6) is -0.657. The highest BCUT2D eigenvalue weighted by Gasteiger charge is 2.09. The summed E-state index contributed by atoms with van der Waals surface area (Å²) in [4.78, 5) is 10.5. The van der Waals surface area contributed by atoms with Crippen LogP contribution in [0, 0.1) is 0 Å². The highest BCUT2D eigenvalue weighted by atomic mass is 35.5. The zero-order valence-corrected chi connectivity index (χ0v) is 8.54. The van der Waals surface area contributed by atoms with Crippen molar-refractivity contribution in [2.45, 2.75) is 18.9 Å². The van der Waals surface area contributed by atoms with Gasteiger partial charge in [0.05, 0.1) is 0 Å². The molecule has 0 aliphatic heterocycles. The maximum absolute atomic E-state index is 10.5. The summed E-state index contributed by atoms with van der Waals surface area (Å²) in [6.45, 7) is 0. The molecule has 3 N–H and O–H groups in total. The number of aliphatic hydroxyl groups excluding tert-OH is 1. The molecule has 1 unspecified atom stereocenters. The SMILES string of the molecule is Cl.NC(=O)C(O)CCc1ccccc1. The number of hydrogen-bond acceptors (Lipinski definition) is 2. The van der Waals surface area contributed by atoms with Crippen LogP contribution < -0.4 is 5.73 Å². The quantitative estimate of drug-likeness (QED) is 0.784. The van der Waals surface area contributed by atoms with E-state index in [4.69, 9.17) is 10.8 Å². The Hall–Kier alpha value is -1.06. The largest absolute Gasteiger partial charge is 0.383 e. The molecule has 0 saturated carbocycles. The number of aryl methyl sites for hydroxylation is 1. The van der Waals surface area contributed by atoms with E-state index in [0.717, 1.165) is 5.56 Å². The Morgan fingerprint density at radius 1 is 1.36 bits per heavy atom. The Labute approximate surface area is 89.3 Å². The fraction of sp³-hybridized carbons (Fsp3) is 0.300. The zero-order chi connectivity index (χ0) is 9.68. The van der Waals surface area contributed by atoms with Crippen LogP contribution in [0.5, 0.6) is 0 Å². The molecule has 1 atom stereocenters. The summed E-state index contributed by atoms with van der Waals surface area (Å²) < 4.78 is 0. The van der Waals surface area contributed by atoms with Crippen LogP contribution in [0.1, 0.15) is 12.0 Å². The molecule has 78 valence electrons. The van der Waals surface area contributed by atoms with Crippen LogP contribution >= 0.6 is 12.4 Å². The van der Waals surface area contributed by atoms with Gasteiger partial charge in [0.25, 0.3) is 0 Å². The van der Waals surface area contributed by atoms with Gasteiger partial charge in [0.15, 0.2) is 0 Å². The monoisotopic (exact) mass is 215 g/mol. The molecule has 1 aromatic carbocycles. The van der Waals surface area contributed by atoms with E-state index in [-0.39, 0.29) is 12.4 Å². The standard InChI is InChI=1S/C10H13NO2.ClH/c11-10(13)9(12)7-6-8-4-2-1-3-5-8;/h1-5,9,12H,6-7H2,(H2,11,13);1H. The number of aliphatic hydroxyl groups is 1. The second-order valence-electron chi connectivity index (χ2n) is 2.94. The first-order chi connectivity index (χ1) is 6.20. The molecule has 4 heteroatoms. The Bertz CT molecular complexity index is 277. The van der Waals surface area contributed by atoms with Gasteiger partial charge in [0, 0.05) is 0 Å². The second-order valence-corrected chi connectivity index (χ2v) is 2.94. The normalized spacial score (nSPS) is 11.5. The smallest absolute Gasteiger partial charge is 0.246 e. The van der Waals surface area contributed by atoms with Crippen molar-refractivity contribution in [2.24, 2.45) is 5.73 Å². The topological polar surface area (TPSA) is 63.3 Å². The molecular weight excluding hydrogens is 202 g/mol. The summed E-state index contributed by atoms with van der Waals surface area (Å²) >= 11 is 0. The third kappa shape index (κ3) is 4.25. The van der Waals surface area contributed by atoms with Crippen LogP contribution in [0.3, 0.4) is 0 Å². The van der Waals surface area contributed by atoms with E-state index < -0.39 is 12.0 Å². The minimum Gasteiger partial charge on any atom is -0.383 e. The third-order valence-corrected chi connectivity index (χ3v) is 1.88. The summed E-state index contributed by atoms with van der Waals surface area (Å²) in [7, 11) is 0. The van der Waals surface area contributed by atoms with Gasteiger partial charge in [-0.1, -0.05) is 30.3 Å². The van der Waals surface area contributed by atoms with Crippen LogP contribution in [0.25, 0.3) is 0 Å². The van der Waals surface area contributed by atoms with Gasteiger partial charge in [-0.3, -0.25) is 4.79 Å². The molecule has 1 aromatic rings. The first-order valence-electron chi connectivity index (χ1n) is 4.21. The van der Waals surface area contributed by atoms with Crippen molar-refractivity contribution >= 4 is 18.3 Å². The van der Waals surface area contributed by atoms with Crippen LogP contribution in [0.2, 0.25) is 0 Å². The van der Waals surface area contributed by atoms with E-state index >= 15 is 0 Å². The minimum atomic E-state index is -1.03. The van der Waals surface area contributed by atoms with E-state index in [2.05, 4.69) is 0 Å². The van der Waals surface area contributed by atoms with E-state index in [1.54, 1.807) is 0 Å². The highest BCUT2D eigenvalue weighted by Crippen LogP contribution is 2.04. The van der Waals surface area contributed by atoms with Crippen molar-refractivity contribution in [3.05, 3.63) is 35.9 Å². The molecule has 0 heterocycles. The molecule has 0 aromatic heterocycles. The summed E-state index contributed by atoms with van der Waals surface area (Å²) in [6.07, 6.45) is 0.0322. The number of hydrogen-bond donors (Lipinski definition) is 2. The van der Waals surface area contributed by atoms with Crippen LogP contribution in [0.4, 0.5) is 0 Å². The number of carbonyl (C=O) groups excluding carboxylic acids is 1. The summed E-state index contributed by atoms with van der Waals surface area (Å²) in [5.41, 5.74) is 6.01. The lowest BCUT2D eigenvalue weighted by atomic mass is 10.1. The van der Waals surface area contributed by atoms with Crippen molar-refractivity contribution in [1.82, 2.24) is 0 Å². The van der Waals surface area contributed by atoms with Gasteiger partial charge < -0.3 is 10.8 Å². The first-order valence-corrected chi connectivity index (χ1v) is 4.21. The fourth-order valence-electron chi connectivity index (χ4n) is 1.09. The average molecular weight is 216 g/mol. The van der Waals surface area contributed by atoms with Gasteiger partial charge in [-0.05, 0) is 18.4 Å². The molecule has 1 rings (SSSR count). The summed E-state index contributed by atoms with van der Waals surface area (Å²) in [5, 5.41) is 9.11. The van der Waals surface area contributed by atoms with Crippen molar-refractivity contribution in [3.8, 4) is 0 Å². The number of benzene rings is 1. The number of carbonyl (C=O) groups is 1. The lowest BCUT2D eigenvalue weighted by Gasteiger charge is -2.05. The van der Waals surface area contributed by atoms with Gasteiger partial charge in [-0.25, -0.2) is 0 Å². The lowest BCUT2D eigenvalue weighted by Crippen LogP contribution is -2.28. The molecule has 1 amide bonds. The predicted molar refractivity (Wildman–Crippen MR) is 57.2 cm³/mol. The van der Waals surface area contributed by atoms with Crippen LogP contribution in [-0.4, -0.2) is 17.1 Å². The number of amides is 1. The van der Waals surface area contributed by atoms with Crippen LogP contribution in [0.15, 0.2) is 30.3 Å². The molecule has 0 radical (unpaired) electrons. The lowest BCUT2D eigenvalue weighted by molar-refractivity contribution is -0.126. The molecule has 0 aliphatic carbocycles. The minimum absolute atomic E-state index is 0. The molecule has 0 aliphatic rings. The highest BCUT2D eigenvalue weighted by molar-refractivity contribution is 5.85. The molecule has 0 spiro atoms. The number of rotatable bonds is 4. The maximum Gasteiger partial charge on any atom is 0.246 e.